The summed E-state index contributed by atoms with van der Waals surface area (Å²) in [6.45, 7) is 0. The summed E-state index contributed by atoms with van der Waals surface area (Å²) >= 11 is 16.0. The van der Waals surface area contributed by atoms with Crippen molar-refractivity contribution in [2.24, 2.45) is 9.98 Å². The van der Waals surface area contributed by atoms with Crippen LogP contribution in [0.5, 0.6) is 0 Å². The molecule has 0 unspecified atom stereocenters. The first-order chi connectivity index (χ1) is 4.18. The highest BCUT2D eigenvalue weighted by molar-refractivity contribution is 14.2. The van der Waals surface area contributed by atoms with Gasteiger partial charge in [-0.2, -0.15) is 9.98 Å². The van der Waals surface area contributed by atoms with Crippen LogP contribution in [-0.4, -0.2) is 11.6 Å². The van der Waals surface area contributed by atoms with Gasteiger partial charge in [0.2, 0.25) is 5.29 Å². The Bertz CT molecular complexity index is 173. The van der Waals surface area contributed by atoms with E-state index in [9.17, 15) is 0 Å². The van der Waals surface area contributed by atoms with Gasteiger partial charge in [-0.25, -0.2) is 0 Å². The number of hydrogen-bond acceptors (Lipinski definition) is 2. The van der Waals surface area contributed by atoms with Crippen LogP contribution in [0, 0.1) is 0 Å². The van der Waals surface area contributed by atoms with E-state index >= 15 is 0 Å². The highest BCUT2D eigenvalue weighted by atomic mass is 127. The number of halogens is 4. The average Bonchev–Trinajstić information content (AvgIpc) is 1.59. The third-order valence-corrected chi connectivity index (χ3v) is 3.18. The average molecular weight is 297 g/mol. The van der Waals surface area contributed by atoms with E-state index in [1.54, 1.807) is 0 Å². The molecule has 0 spiro atoms. The Balaban J connectivity index is 2.98. The predicted octanol–water partition coefficient (Wildman–Crippen LogP) is 2.49. The molecule has 1 aliphatic rings. The Morgan fingerprint density at radius 3 is 2.22 bits per heavy atom. The standard InChI is InChI=1S/C3Cl3IN2/c4-1-7-2(5)9-3(6)8-1. The third-order valence-electron chi connectivity index (χ3n) is 0.509. The minimum atomic E-state index is -0.512. The number of hydrogen-bond donors (Lipinski definition) is 0. The van der Waals surface area contributed by atoms with Gasteiger partial charge in [0.05, 0.1) is 0 Å². The molecule has 0 amide bonds. The molecule has 50 valence electrons. The zero-order chi connectivity index (χ0) is 6.85. The largest absolute Gasteiger partial charge is 0.226 e. The topological polar surface area (TPSA) is 24.7 Å². The fourth-order valence-corrected chi connectivity index (χ4v) is 3.19. The van der Waals surface area contributed by atoms with E-state index in [2.05, 4.69) is 9.98 Å². The maximum atomic E-state index is 5.53. The van der Waals surface area contributed by atoms with Gasteiger partial charge in [-0.15, -0.1) is 0 Å². The lowest BCUT2D eigenvalue weighted by atomic mass is 11.2. The molecule has 1 aliphatic heterocycles. The van der Waals surface area contributed by atoms with Crippen LogP contribution >= 0.6 is 55.5 Å². The van der Waals surface area contributed by atoms with Crippen molar-refractivity contribution >= 4 is 67.1 Å². The Hall–Kier alpha value is 0.810. The fraction of sp³-hybridized carbons (Fsp3) is 0. The van der Waals surface area contributed by atoms with Gasteiger partial charge in [-0.3, -0.25) is 0 Å². The number of nitrogens with zero attached hydrogens (tertiary/aromatic N) is 2. The Kier molecular flexibility index (Phi) is 2.88. The molecule has 0 bridgehead atoms. The van der Waals surface area contributed by atoms with Gasteiger partial charge in [0.1, 0.15) is 0 Å². The molecule has 0 aliphatic carbocycles. The van der Waals surface area contributed by atoms with E-state index < -0.39 is 20.7 Å². The second-order valence-corrected chi connectivity index (χ2v) is 5.98. The van der Waals surface area contributed by atoms with E-state index in [0.29, 0.717) is 6.27 Å². The lowest BCUT2D eigenvalue weighted by Crippen LogP contribution is -1.93. The smallest absolute Gasteiger partial charge is 0.200 e. The van der Waals surface area contributed by atoms with Crippen LogP contribution in [0.3, 0.4) is 0 Å². The zero-order valence-electron chi connectivity index (χ0n) is 3.91. The molecule has 0 radical (unpaired) electrons. The van der Waals surface area contributed by atoms with Gasteiger partial charge in [-0.1, -0.05) is 23.2 Å². The van der Waals surface area contributed by atoms with E-state index in [1.165, 1.54) is 0 Å². The second-order valence-electron chi connectivity index (χ2n) is 1.07. The molecule has 1 rings (SSSR count). The van der Waals surface area contributed by atoms with Crippen molar-refractivity contribution in [3.05, 3.63) is 0 Å². The molecule has 6 heteroatoms. The summed E-state index contributed by atoms with van der Waals surface area (Å²) in [6.07, 6.45) is 0. The van der Waals surface area contributed by atoms with Crippen molar-refractivity contribution < 1.29 is 0 Å². The molecule has 0 fully saturated rings. The first-order valence-electron chi connectivity index (χ1n) is 1.84. The van der Waals surface area contributed by atoms with Crippen LogP contribution in [0.15, 0.2) is 9.98 Å². The van der Waals surface area contributed by atoms with Crippen LogP contribution in [0.25, 0.3) is 0 Å². The van der Waals surface area contributed by atoms with Crippen molar-refractivity contribution in [2.45, 2.75) is 0 Å². The van der Waals surface area contributed by atoms with Crippen molar-refractivity contribution in [3.63, 3.8) is 0 Å². The highest BCUT2D eigenvalue weighted by Gasteiger charge is 2.03. The summed E-state index contributed by atoms with van der Waals surface area (Å²) < 4.78 is 0.970. The van der Waals surface area contributed by atoms with Gasteiger partial charge >= 0.3 is 0 Å². The third kappa shape index (κ3) is 2.49. The molecule has 0 aromatic heterocycles. The van der Waals surface area contributed by atoms with E-state index in [1.807, 2.05) is 0 Å². The maximum absolute atomic E-state index is 5.53. The van der Waals surface area contributed by atoms with Gasteiger partial charge in [0.15, 0.2) is 6.27 Å². The van der Waals surface area contributed by atoms with Crippen LogP contribution in [0.4, 0.5) is 0 Å². The summed E-state index contributed by atoms with van der Waals surface area (Å²) in [5.74, 6) is 0. The van der Waals surface area contributed by atoms with Crippen LogP contribution in [0.1, 0.15) is 0 Å². The van der Waals surface area contributed by atoms with Gasteiger partial charge in [0.25, 0.3) is 0 Å². The van der Waals surface area contributed by atoms with Gasteiger partial charge in [-0.05, 0) is 32.3 Å². The van der Waals surface area contributed by atoms with Crippen molar-refractivity contribution in [2.75, 3.05) is 0 Å². The number of aliphatic imine (C=N–C) groups is 2. The molecule has 0 saturated heterocycles. The monoisotopic (exact) mass is 296 g/mol. The number of amidine groups is 1. The van der Waals surface area contributed by atoms with Crippen LogP contribution < -0.4 is 0 Å². The fourth-order valence-electron chi connectivity index (χ4n) is 0.271. The molecule has 0 atom stereocenters. The van der Waals surface area contributed by atoms with Gasteiger partial charge in [0, 0.05) is 0 Å². The van der Waals surface area contributed by atoms with Crippen molar-refractivity contribution in [1.29, 1.82) is 0 Å². The molecule has 9 heavy (non-hydrogen) atoms. The summed E-state index contributed by atoms with van der Waals surface area (Å²) in [4.78, 5) is 7.35. The first-order valence-corrected chi connectivity index (χ1v) is 5.13. The van der Waals surface area contributed by atoms with Crippen LogP contribution in [-0.2, 0) is 0 Å². The Morgan fingerprint density at radius 2 is 1.78 bits per heavy atom. The van der Waals surface area contributed by atoms with E-state index in [0.717, 1.165) is 0 Å². The SMILES string of the molecule is ClC1=NC(Cl)=IC(Cl)=N1. The minimum Gasteiger partial charge on any atom is -0.200 e. The molecule has 1 heterocycles. The summed E-state index contributed by atoms with van der Waals surface area (Å²) in [5.41, 5.74) is 0. The summed E-state index contributed by atoms with van der Waals surface area (Å²) in [7, 11) is 0. The Morgan fingerprint density at radius 1 is 1.11 bits per heavy atom. The molecule has 0 aromatic rings. The second kappa shape index (κ2) is 3.27. The molecular formula is C3Cl3IN2. The molecule has 2 nitrogen and oxygen atoms in total. The van der Waals surface area contributed by atoms with Crippen molar-refractivity contribution in [3.8, 4) is 0 Å². The zero-order valence-corrected chi connectivity index (χ0v) is 8.33. The normalized spacial score (nSPS) is 19.2. The molecule has 0 saturated carbocycles. The molecular weight excluding hydrogens is 297 g/mol. The van der Waals surface area contributed by atoms with E-state index in [-0.39, 0.29) is 5.29 Å². The summed E-state index contributed by atoms with van der Waals surface area (Å²) in [6, 6.07) is 0. The quantitative estimate of drug-likeness (QED) is 0.485. The molecule has 0 aromatic carbocycles. The van der Waals surface area contributed by atoms with E-state index in [4.69, 9.17) is 34.8 Å². The highest BCUT2D eigenvalue weighted by Crippen LogP contribution is 2.17. The Labute approximate surface area is 76.7 Å². The van der Waals surface area contributed by atoms with Crippen molar-refractivity contribution in [1.82, 2.24) is 0 Å². The van der Waals surface area contributed by atoms with Crippen LogP contribution in [0.2, 0.25) is 0 Å². The minimum absolute atomic E-state index is 0.121. The first kappa shape index (κ1) is 7.91. The lowest BCUT2D eigenvalue weighted by molar-refractivity contribution is 1.70. The maximum Gasteiger partial charge on any atom is 0.226 e. The summed E-state index contributed by atoms with van der Waals surface area (Å²) in [5, 5.41) is 0.121. The number of rotatable bonds is 0. The lowest BCUT2D eigenvalue weighted by Gasteiger charge is -1.95. The predicted molar refractivity (Wildman–Crippen MR) is 51.5 cm³/mol. The van der Waals surface area contributed by atoms with Gasteiger partial charge < -0.3 is 0 Å². The molecule has 0 N–H and O–H groups in total.